The molecule has 19 N–H and O–H groups in total. The molecule has 0 aromatic carbocycles. The van der Waals surface area contributed by atoms with Gasteiger partial charge in [-0.3, -0.25) is 38.4 Å². The SMILES string of the molecule is CC(C)(C)C[C@H](NC(=O)[C@H](CCCCN)NC(=O)[C@H](CC(C)(C)C)NC(=O)[C@H](CCCCN)NC(=O)[C@H](CC(C)(C)C)NC(=O)[C@H](CCCCN)NC(=O)[C@@H](N)CC(C)(C)C)C(=O)N[C@@H](CCCCN)C(N)=O. The van der Waals surface area contributed by atoms with Gasteiger partial charge in [-0.1, -0.05) is 83.1 Å². The molecule has 0 aliphatic rings. The van der Waals surface area contributed by atoms with Crippen molar-refractivity contribution in [2.24, 2.45) is 56.1 Å². The van der Waals surface area contributed by atoms with E-state index in [-0.39, 0.29) is 50.4 Å². The summed E-state index contributed by atoms with van der Waals surface area (Å²) in [7, 11) is 0. The Bertz CT molecular complexity index is 1720. The zero-order valence-electron chi connectivity index (χ0n) is 47.0. The van der Waals surface area contributed by atoms with Gasteiger partial charge in [0.05, 0.1) is 6.04 Å². The van der Waals surface area contributed by atoms with Crippen LogP contribution in [-0.2, 0) is 38.4 Å². The van der Waals surface area contributed by atoms with Gasteiger partial charge in [0.25, 0.3) is 0 Å². The van der Waals surface area contributed by atoms with E-state index in [1.165, 1.54) is 0 Å². The van der Waals surface area contributed by atoms with Crippen molar-refractivity contribution in [2.45, 2.75) is 234 Å². The topological polar surface area (TPSA) is 377 Å². The van der Waals surface area contributed by atoms with Crippen molar-refractivity contribution in [1.82, 2.24) is 37.2 Å². The summed E-state index contributed by atoms with van der Waals surface area (Å²) in [5, 5.41) is 19.7. The summed E-state index contributed by atoms with van der Waals surface area (Å²) in [6.07, 6.45) is 5.89. The Kier molecular flexibility index (Phi) is 31.4. The molecule has 21 nitrogen and oxygen atoms in total. The third-order valence-electron chi connectivity index (χ3n) is 11.9. The maximum absolute atomic E-state index is 14.5. The average molecular weight is 1040 g/mol. The van der Waals surface area contributed by atoms with Crippen molar-refractivity contribution in [2.75, 3.05) is 26.2 Å². The van der Waals surface area contributed by atoms with Gasteiger partial charge in [-0.25, -0.2) is 0 Å². The Morgan fingerprint density at radius 1 is 0.315 bits per heavy atom. The average Bonchev–Trinajstić information content (AvgIpc) is 3.24. The molecule has 8 amide bonds. The van der Waals surface area contributed by atoms with Gasteiger partial charge < -0.3 is 71.6 Å². The highest BCUT2D eigenvalue weighted by molar-refractivity contribution is 5.97. The number of carbonyl (C=O) groups is 8. The van der Waals surface area contributed by atoms with Crippen LogP contribution in [0, 0.1) is 21.7 Å². The first kappa shape index (κ1) is 68.6. The first-order valence-electron chi connectivity index (χ1n) is 26.6. The smallest absolute Gasteiger partial charge is 0.243 e. The second-order valence-electron chi connectivity index (χ2n) is 24.6. The molecule has 0 saturated heterocycles. The Balaban J connectivity index is 6.93. The lowest BCUT2D eigenvalue weighted by molar-refractivity contribution is -0.136. The van der Waals surface area contributed by atoms with Gasteiger partial charge in [-0.05, 0) is 151 Å². The Morgan fingerprint density at radius 3 is 0.753 bits per heavy atom. The molecule has 0 radical (unpaired) electrons. The molecule has 0 saturated carbocycles. The van der Waals surface area contributed by atoms with E-state index < -0.39 is 112 Å². The molecule has 0 bridgehead atoms. The van der Waals surface area contributed by atoms with Crippen LogP contribution >= 0.6 is 0 Å². The van der Waals surface area contributed by atoms with Gasteiger partial charge in [0.2, 0.25) is 47.3 Å². The van der Waals surface area contributed by atoms with Crippen LogP contribution in [0.2, 0.25) is 0 Å². The predicted molar refractivity (Wildman–Crippen MR) is 289 cm³/mol. The van der Waals surface area contributed by atoms with Crippen LogP contribution in [0.15, 0.2) is 0 Å². The molecule has 0 unspecified atom stereocenters. The molecule has 0 rings (SSSR count). The summed E-state index contributed by atoms with van der Waals surface area (Å²) in [5.41, 5.74) is 33.2. The molecule has 0 heterocycles. The van der Waals surface area contributed by atoms with E-state index in [1.54, 1.807) is 0 Å². The first-order chi connectivity index (χ1) is 33.7. The molecule has 424 valence electrons. The minimum absolute atomic E-state index is 0.123. The van der Waals surface area contributed by atoms with Crippen molar-refractivity contribution >= 4 is 47.3 Å². The van der Waals surface area contributed by atoms with Crippen LogP contribution in [0.3, 0.4) is 0 Å². The van der Waals surface area contributed by atoms with Crippen molar-refractivity contribution < 1.29 is 38.4 Å². The number of primary amides is 1. The van der Waals surface area contributed by atoms with E-state index in [0.29, 0.717) is 84.0 Å². The number of hydrogen-bond donors (Lipinski definition) is 13. The summed E-state index contributed by atoms with van der Waals surface area (Å²) in [4.78, 5) is 111. The summed E-state index contributed by atoms with van der Waals surface area (Å²) in [5.74, 6) is -5.05. The monoisotopic (exact) mass is 1040 g/mol. The normalized spacial score (nSPS) is 15.5. The van der Waals surface area contributed by atoms with E-state index >= 15 is 0 Å². The second-order valence-corrected chi connectivity index (χ2v) is 24.6. The summed E-state index contributed by atoms with van der Waals surface area (Å²) < 4.78 is 0. The van der Waals surface area contributed by atoms with Crippen LogP contribution in [0.4, 0.5) is 0 Å². The van der Waals surface area contributed by atoms with Crippen molar-refractivity contribution in [1.29, 1.82) is 0 Å². The lowest BCUT2D eigenvalue weighted by Crippen LogP contribution is -2.61. The number of unbranched alkanes of at least 4 members (excludes halogenated alkanes) is 4. The lowest BCUT2D eigenvalue weighted by atomic mass is 9.87. The zero-order chi connectivity index (χ0) is 56.3. The molecule has 0 aromatic heterocycles. The fourth-order valence-electron chi connectivity index (χ4n) is 8.19. The van der Waals surface area contributed by atoms with Crippen LogP contribution in [0.1, 0.15) is 186 Å². The van der Waals surface area contributed by atoms with Gasteiger partial charge in [0.1, 0.15) is 42.3 Å². The van der Waals surface area contributed by atoms with E-state index in [2.05, 4.69) is 37.2 Å². The molecular formula is C52H103N13O8. The standard InChI is InChI=1S/C52H103N13O8/c1-49(2,3)29-33(57)42(67)60-35(22-14-18-26-54)43(68)64-39(31-51(7,8)9)47(72)62-37(24-16-20-28-56)45(70)65-40(32-52(10,11)12)48(73)61-36(23-15-19-27-55)44(69)63-38(30-50(4,5)6)46(71)59-34(41(58)66)21-13-17-25-53/h33-40H,13-32,53-57H2,1-12H3,(H2,58,66)(H,59,71)(H,60,67)(H,61,73)(H,62,72)(H,63,69)(H,64,68)(H,65,70)/t33-,34-,35-,36-,37-,38-,39-,40-/m0/s1. The highest BCUT2D eigenvalue weighted by Crippen LogP contribution is 2.25. The van der Waals surface area contributed by atoms with Gasteiger partial charge >= 0.3 is 0 Å². The quantitative estimate of drug-likeness (QED) is 0.0401. The molecule has 0 fully saturated rings. The lowest BCUT2D eigenvalue weighted by Gasteiger charge is -2.32. The number of hydrogen-bond acceptors (Lipinski definition) is 13. The predicted octanol–water partition coefficient (Wildman–Crippen LogP) is 1.45. The Labute approximate surface area is 438 Å². The molecule has 73 heavy (non-hydrogen) atoms. The molecule has 21 heteroatoms. The van der Waals surface area contributed by atoms with Gasteiger partial charge in [0, 0.05) is 0 Å². The van der Waals surface area contributed by atoms with Gasteiger partial charge in [0.15, 0.2) is 0 Å². The van der Waals surface area contributed by atoms with Crippen LogP contribution in [0.25, 0.3) is 0 Å². The van der Waals surface area contributed by atoms with Gasteiger partial charge in [-0.15, -0.1) is 0 Å². The Hall–Kier alpha value is -4.44. The first-order valence-corrected chi connectivity index (χ1v) is 26.6. The minimum atomic E-state index is -1.20. The highest BCUT2D eigenvalue weighted by Gasteiger charge is 2.37. The molecule has 0 aliphatic carbocycles. The van der Waals surface area contributed by atoms with E-state index in [4.69, 9.17) is 34.4 Å². The van der Waals surface area contributed by atoms with Crippen molar-refractivity contribution in [3.8, 4) is 0 Å². The maximum atomic E-state index is 14.5. The maximum Gasteiger partial charge on any atom is 0.243 e. The number of amides is 8. The third kappa shape index (κ3) is 31.8. The van der Waals surface area contributed by atoms with E-state index in [0.717, 1.165) is 0 Å². The summed E-state index contributed by atoms with van der Waals surface area (Å²) in [6.45, 7) is 24.4. The minimum Gasteiger partial charge on any atom is -0.368 e. The fourth-order valence-corrected chi connectivity index (χ4v) is 8.19. The number of nitrogens with one attached hydrogen (secondary N) is 7. The second kappa shape index (κ2) is 33.5. The van der Waals surface area contributed by atoms with E-state index in [1.807, 2.05) is 83.1 Å². The summed E-state index contributed by atoms with van der Waals surface area (Å²) in [6, 6.07) is -8.66. The highest BCUT2D eigenvalue weighted by atomic mass is 16.2. The number of rotatable bonds is 35. The van der Waals surface area contributed by atoms with Crippen molar-refractivity contribution in [3.05, 3.63) is 0 Å². The largest absolute Gasteiger partial charge is 0.368 e. The summed E-state index contributed by atoms with van der Waals surface area (Å²) >= 11 is 0. The Morgan fingerprint density at radius 2 is 0.521 bits per heavy atom. The molecule has 0 aromatic rings. The van der Waals surface area contributed by atoms with Crippen LogP contribution < -0.4 is 71.6 Å². The molecular weight excluding hydrogens is 935 g/mol. The zero-order valence-corrected chi connectivity index (χ0v) is 47.0. The van der Waals surface area contributed by atoms with Crippen LogP contribution in [0.5, 0.6) is 0 Å². The number of carbonyl (C=O) groups excluding carboxylic acids is 8. The van der Waals surface area contributed by atoms with Crippen molar-refractivity contribution in [3.63, 3.8) is 0 Å². The van der Waals surface area contributed by atoms with E-state index in [9.17, 15) is 38.4 Å². The fraction of sp³-hybridized carbons (Fsp3) is 0.846. The molecule has 0 spiro atoms. The molecule has 0 aliphatic heterocycles. The van der Waals surface area contributed by atoms with Crippen LogP contribution in [-0.4, -0.2) is 122 Å². The van der Waals surface area contributed by atoms with Gasteiger partial charge in [-0.2, -0.15) is 0 Å². The third-order valence-corrected chi connectivity index (χ3v) is 11.9. The number of nitrogens with two attached hydrogens (primary N) is 6. The molecule has 8 atom stereocenters.